The highest BCUT2D eigenvalue weighted by Crippen LogP contribution is 2.32. The van der Waals surface area contributed by atoms with Crippen molar-refractivity contribution in [3.63, 3.8) is 0 Å². The number of amides is 2. The molecule has 6 nitrogen and oxygen atoms in total. The van der Waals surface area contributed by atoms with Gasteiger partial charge in [0.2, 0.25) is 11.8 Å². The molecule has 1 aliphatic heterocycles. The van der Waals surface area contributed by atoms with Crippen LogP contribution in [0.5, 0.6) is 5.75 Å². The van der Waals surface area contributed by atoms with E-state index in [0.717, 1.165) is 29.7 Å². The normalized spacial score (nSPS) is 26.8. The lowest BCUT2D eigenvalue weighted by atomic mass is 9.87. The Morgan fingerprint density at radius 2 is 1.88 bits per heavy atom. The molecule has 1 aliphatic carbocycles. The fourth-order valence-electron chi connectivity index (χ4n) is 3.64. The van der Waals surface area contributed by atoms with Crippen LogP contribution >= 0.6 is 0 Å². The molecule has 2 amide bonds. The Kier molecular flexibility index (Phi) is 5.06. The van der Waals surface area contributed by atoms with Crippen LogP contribution in [0.25, 0.3) is 0 Å². The zero-order valence-corrected chi connectivity index (χ0v) is 14.3. The number of piperidine rings is 1. The first-order chi connectivity index (χ1) is 11.9. The van der Waals surface area contributed by atoms with Gasteiger partial charge in [0, 0.05) is 6.42 Å². The predicted molar refractivity (Wildman–Crippen MR) is 90.3 cm³/mol. The minimum atomic E-state index is -0.719. The van der Waals surface area contributed by atoms with Gasteiger partial charge in [0.15, 0.2) is 0 Å². The first-order valence-electron chi connectivity index (χ1n) is 8.77. The highest BCUT2D eigenvalue weighted by atomic mass is 16.5. The van der Waals surface area contributed by atoms with E-state index in [4.69, 9.17) is 9.84 Å². The molecule has 1 saturated carbocycles. The highest BCUT2D eigenvalue weighted by Gasteiger charge is 2.29. The van der Waals surface area contributed by atoms with E-state index in [1.54, 1.807) is 0 Å². The van der Waals surface area contributed by atoms with Crippen molar-refractivity contribution in [2.45, 2.75) is 57.5 Å². The number of imide groups is 1. The summed E-state index contributed by atoms with van der Waals surface area (Å²) in [6.07, 6.45) is 3.71. The van der Waals surface area contributed by atoms with Crippen LogP contribution in [0, 0.1) is 12.8 Å². The largest absolute Gasteiger partial charge is 0.490 e. The number of rotatable bonds is 4. The van der Waals surface area contributed by atoms with Crippen molar-refractivity contribution < 1.29 is 24.2 Å². The summed E-state index contributed by atoms with van der Waals surface area (Å²) in [5, 5.41) is 11.4. The SMILES string of the molecule is Cc1cc([C@H]2CCC(=O)NC2=O)ccc1OC1CCC(C(=O)O)CC1. The molecule has 0 spiro atoms. The molecule has 0 unspecified atom stereocenters. The average molecular weight is 345 g/mol. The standard InChI is InChI=1S/C19H23NO5/c1-11-10-13(15-7-9-17(21)20-18(15)22)4-8-16(11)25-14-5-2-12(3-6-14)19(23)24/h4,8,10,12,14-15H,2-3,5-7,9H2,1H3,(H,23,24)(H,20,21,22)/t12?,14?,15-/m1/s1. The van der Waals surface area contributed by atoms with Gasteiger partial charge in [-0.2, -0.15) is 0 Å². The van der Waals surface area contributed by atoms with E-state index in [9.17, 15) is 14.4 Å². The minimum Gasteiger partial charge on any atom is -0.490 e. The first kappa shape index (κ1) is 17.5. The molecule has 1 aromatic rings. The highest BCUT2D eigenvalue weighted by molar-refractivity contribution is 6.00. The topological polar surface area (TPSA) is 92.7 Å². The van der Waals surface area contributed by atoms with Crippen LogP contribution in [0.3, 0.4) is 0 Å². The lowest BCUT2D eigenvalue weighted by Gasteiger charge is -2.28. The summed E-state index contributed by atoms with van der Waals surface area (Å²) in [7, 11) is 0. The van der Waals surface area contributed by atoms with Crippen LogP contribution < -0.4 is 10.1 Å². The number of hydrogen-bond acceptors (Lipinski definition) is 4. The molecule has 1 aromatic carbocycles. The van der Waals surface area contributed by atoms with Crippen molar-refractivity contribution in [2.24, 2.45) is 5.92 Å². The summed E-state index contributed by atoms with van der Waals surface area (Å²) in [6.45, 7) is 1.94. The number of carbonyl (C=O) groups is 3. The molecule has 2 N–H and O–H groups in total. The Morgan fingerprint density at radius 3 is 2.48 bits per heavy atom. The number of carbonyl (C=O) groups excluding carboxylic acids is 2. The number of nitrogens with one attached hydrogen (secondary N) is 1. The van der Waals surface area contributed by atoms with Crippen LogP contribution in [0.4, 0.5) is 0 Å². The zero-order valence-electron chi connectivity index (χ0n) is 14.3. The predicted octanol–water partition coefficient (Wildman–Crippen LogP) is 2.54. The van der Waals surface area contributed by atoms with Gasteiger partial charge in [-0.05, 0) is 56.2 Å². The summed E-state index contributed by atoms with van der Waals surface area (Å²) in [5.41, 5.74) is 1.84. The van der Waals surface area contributed by atoms with Crippen molar-refractivity contribution >= 4 is 17.8 Å². The molecule has 6 heteroatoms. The lowest BCUT2D eigenvalue weighted by molar-refractivity contribution is -0.143. The number of carboxylic acids is 1. The number of hydrogen-bond donors (Lipinski definition) is 2. The van der Waals surface area contributed by atoms with Crippen molar-refractivity contribution in [3.8, 4) is 5.75 Å². The number of benzene rings is 1. The molecule has 1 heterocycles. The monoisotopic (exact) mass is 345 g/mol. The Morgan fingerprint density at radius 1 is 1.16 bits per heavy atom. The Labute approximate surface area is 146 Å². The lowest BCUT2D eigenvalue weighted by Crippen LogP contribution is -2.39. The van der Waals surface area contributed by atoms with Gasteiger partial charge in [-0.1, -0.05) is 12.1 Å². The van der Waals surface area contributed by atoms with Gasteiger partial charge in [-0.25, -0.2) is 0 Å². The second-order valence-corrected chi connectivity index (χ2v) is 6.96. The zero-order chi connectivity index (χ0) is 18.0. The molecule has 2 aliphatic rings. The molecule has 3 rings (SSSR count). The summed E-state index contributed by atoms with van der Waals surface area (Å²) < 4.78 is 6.05. The van der Waals surface area contributed by atoms with Crippen LogP contribution in [-0.4, -0.2) is 29.0 Å². The number of aliphatic carboxylic acids is 1. The Bertz CT molecular complexity index is 691. The third-order valence-corrected chi connectivity index (χ3v) is 5.16. The summed E-state index contributed by atoms with van der Waals surface area (Å²) in [4.78, 5) is 34.3. The van der Waals surface area contributed by atoms with Crippen molar-refractivity contribution in [1.82, 2.24) is 5.32 Å². The quantitative estimate of drug-likeness (QED) is 0.818. The van der Waals surface area contributed by atoms with Crippen molar-refractivity contribution in [1.29, 1.82) is 0 Å². The van der Waals surface area contributed by atoms with E-state index < -0.39 is 5.97 Å². The number of ether oxygens (including phenoxy) is 1. The van der Waals surface area contributed by atoms with Gasteiger partial charge in [0.05, 0.1) is 17.9 Å². The van der Waals surface area contributed by atoms with Crippen molar-refractivity contribution in [3.05, 3.63) is 29.3 Å². The van der Waals surface area contributed by atoms with Crippen LogP contribution in [-0.2, 0) is 14.4 Å². The van der Waals surface area contributed by atoms with E-state index in [1.165, 1.54) is 0 Å². The van der Waals surface area contributed by atoms with Crippen molar-refractivity contribution in [2.75, 3.05) is 0 Å². The Hall–Kier alpha value is -2.37. The fourth-order valence-corrected chi connectivity index (χ4v) is 3.64. The van der Waals surface area contributed by atoms with E-state index in [-0.39, 0.29) is 29.8 Å². The summed E-state index contributed by atoms with van der Waals surface area (Å²) in [6, 6.07) is 5.70. The number of carboxylic acid groups (broad SMARTS) is 1. The third kappa shape index (κ3) is 4.00. The average Bonchev–Trinajstić information content (AvgIpc) is 2.57. The van der Waals surface area contributed by atoms with Gasteiger partial charge >= 0.3 is 5.97 Å². The van der Waals surface area contributed by atoms with Crippen LogP contribution in [0.2, 0.25) is 0 Å². The van der Waals surface area contributed by atoms with Gasteiger partial charge < -0.3 is 9.84 Å². The second-order valence-electron chi connectivity index (χ2n) is 6.96. The molecular formula is C19H23NO5. The summed E-state index contributed by atoms with van der Waals surface area (Å²) in [5.74, 6) is -0.948. The molecule has 0 aromatic heterocycles. The maximum absolute atomic E-state index is 12.0. The second kappa shape index (κ2) is 7.25. The van der Waals surface area contributed by atoms with Gasteiger partial charge in [-0.15, -0.1) is 0 Å². The maximum Gasteiger partial charge on any atom is 0.306 e. The molecule has 1 atom stereocenters. The molecule has 2 fully saturated rings. The maximum atomic E-state index is 12.0. The van der Waals surface area contributed by atoms with Crippen LogP contribution in [0.15, 0.2) is 18.2 Å². The van der Waals surface area contributed by atoms with Crippen LogP contribution in [0.1, 0.15) is 55.6 Å². The molecule has 0 radical (unpaired) electrons. The first-order valence-corrected chi connectivity index (χ1v) is 8.77. The minimum absolute atomic E-state index is 0.0377. The molecule has 0 bridgehead atoms. The molecule has 1 saturated heterocycles. The van der Waals surface area contributed by atoms with Gasteiger partial charge in [-0.3, -0.25) is 19.7 Å². The van der Waals surface area contributed by atoms with Gasteiger partial charge in [0.25, 0.3) is 0 Å². The van der Waals surface area contributed by atoms with Gasteiger partial charge in [0.1, 0.15) is 5.75 Å². The fraction of sp³-hybridized carbons (Fsp3) is 0.526. The van der Waals surface area contributed by atoms with E-state index in [1.807, 2.05) is 25.1 Å². The molecule has 25 heavy (non-hydrogen) atoms. The molecular weight excluding hydrogens is 322 g/mol. The van der Waals surface area contributed by atoms with E-state index in [0.29, 0.717) is 25.7 Å². The Balaban J connectivity index is 1.64. The third-order valence-electron chi connectivity index (χ3n) is 5.16. The smallest absolute Gasteiger partial charge is 0.306 e. The van der Waals surface area contributed by atoms with E-state index in [2.05, 4.69) is 5.32 Å². The molecule has 134 valence electrons. The number of aryl methyl sites for hydroxylation is 1. The van der Waals surface area contributed by atoms with E-state index >= 15 is 0 Å². The summed E-state index contributed by atoms with van der Waals surface area (Å²) >= 11 is 0.